The van der Waals surface area contributed by atoms with Crippen LogP contribution in [0.2, 0.25) is 5.02 Å². The Balaban J connectivity index is 1.43. The largest absolute Gasteiger partial charge is 0.489 e. The van der Waals surface area contributed by atoms with Crippen LogP contribution < -0.4 is 14.2 Å². The Kier molecular flexibility index (Phi) is 5.17. The average molecular weight is 399 g/mol. The van der Waals surface area contributed by atoms with E-state index in [1.165, 1.54) is 24.3 Å². The van der Waals surface area contributed by atoms with Gasteiger partial charge in [0.2, 0.25) is 0 Å². The molecule has 6 heteroatoms. The van der Waals surface area contributed by atoms with Gasteiger partial charge in [-0.05, 0) is 66.2 Å². The molecule has 1 aliphatic heterocycles. The van der Waals surface area contributed by atoms with Crippen molar-refractivity contribution < 1.29 is 23.4 Å². The Hall–Kier alpha value is -3.05. The third kappa shape index (κ3) is 3.94. The summed E-state index contributed by atoms with van der Waals surface area (Å²) in [6.45, 7) is 1.25. The van der Waals surface area contributed by atoms with Crippen LogP contribution in [-0.2, 0) is 6.61 Å². The van der Waals surface area contributed by atoms with Crippen LogP contribution >= 0.6 is 11.6 Å². The van der Waals surface area contributed by atoms with Crippen LogP contribution in [0.1, 0.15) is 21.5 Å². The van der Waals surface area contributed by atoms with Gasteiger partial charge in [-0.15, -0.1) is 0 Å². The summed E-state index contributed by atoms with van der Waals surface area (Å²) in [6, 6.07) is 15.9. The predicted molar refractivity (Wildman–Crippen MR) is 103 cm³/mol. The number of benzene rings is 3. The Morgan fingerprint density at radius 2 is 1.61 bits per heavy atom. The van der Waals surface area contributed by atoms with Crippen molar-refractivity contribution in [2.75, 3.05) is 13.2 Å². The molecule has 0 unspecified atom stereocenters. The Morgan fingerprint density at radius 3 is 2.32 bits per heavy atom. The van der Waals surface area contributed by atoms with Gasteiger partial charge in [0.25, 0.3) is 0 Å². The average Bonchev–Trinajstić information content (AvgIpc) is 2.73. The standard InChI is InChI=1S/C22H16ClFO4/c23-19-11-14(12-20-22(19)27-10-9-26-20)13-28-18-7-3-16(4-8-18)21(25)15-1-5-17(24)6-2-15/h1-8,11-12H,9-10,13H2. The fourth-order valence-corrected chi connectivity index (χ4v) is 3.17. The van der Waals surface area contributed by atoms with Crippen LogP contribution in [0, 0.1) is 5.82 Å². The smallest absolute Gasteiger partial charge is 0.193 e. The van der Waals surface area contributed by atoms with Gasteiger partial charge >= 0.3 is 0 Å². The second kappa shape index (κ2) is 7.90. The van der Waals surface area contributed by atoms with Crippen LogP contribution in [0.15, 0.2) is 60.7 Å². The molecule has 0 radical (unpaired) electrons. The zero-order chi connectivity index (χ0) is 19.5. The van der Waals surface area contributed by atoms with Gasteiger partial charge in [0.15, 0.2) is 17.3 Å². The molecule has 0 saturated carbocycles. The van der Waals surface area contributed by atoms with E-state index < -0.39 is 0 Å². The van der Waals surface area contributed by atoms with E-state index in [1.807, 2.05) is 6.07 Å². The SMILES string of the molecule is O=C(c1ccc(F)cc1)c1ccc(OCc2cc(Cl)c3c(c2)OCCO3)cc1. The Bertz CT molecular complexity index is 1000. The monoisotopic (exact) mass is 398 g/mol. The lowest BCUT2D eigenvalue weighted by atomic mass is 10.0. The maximum absolute atomic E-state index is 13.0. The molecular formula is C22H16ClFO4. The van der Waals surface area contributed by atoms with Crippen LogP contribution in [0.25, 0.3) is 0 Å². The highest BCUT2D eigenvalue weighted by molar-refractivity contribution is 6.32. The maximum atomic E-state index is 13.0. The van der Waals surface area contributed by atoms with E-state index in [2.05, 4.69) is 0 Å². The van der Waals surface area contributed by atoms with E-state index in [9.17, 15) is 9.18 Å². The highest BCUT2D eigenvalue weighted by atomic mass is 35.5. The van der Waals surface area contributed by atoms with Gasteiger partial charge < -0.3 is 14.2 Å². The number of ether oxygens (including phenoxy) is 3. The minimum absolute atomic E-state index is 0.176. The van der Waals surface area contributed by atoms with Crippen molar-refractivity contribution >= 4 is 17.4 Å². The molecule has 0 saturated heterocycles. The molecule has 0 bridgehead atoms. The van der Waals surface area contributed by atoms with Crippen molar-refractivity contribution in [3.63, 3.8) is 0 Å². The van der Waals surface area contributed by atoms with E-state index in [0.717, 1.165) is 5.56 Å². The van der Waals surface area contributed by atoms with Gasteiger partial charge in [-0.2, -0.15) is 0 Å². The van der Waals surface area contributed by atoms with Gasteiger partial charge in [-0.3, -0.25) is 4.79 Å². The highest BCUT2D eigenvalue weighted by Crippen LogP contribution is 2.38. The number of hydrogen-bond acceptors (Lipinski definition) is 4. The van der Waals surface area contributed by atoms with Crippen molar-refractivity contribution in [3.8, 4) is 17.2 Å². The zero-order valence-electron chi connectivity index (χ0n) is 14.8. The van der Waals surface area contributed by atoms with E-state index in [-0.39, 0.29) is 11.6 Å². The maximum Gasteiger partial charge on any atom is 0.193 e. The van der Waals surface area contributed by atoms with Crippen molar-refractivity contribution in [2.45, 2.75) is 6.61 Å². The van der Waals surface area contributed by atoms with E-state index in [4.69, 9.17) is 25.8 Å². The molecule has 28 heavy (non-hydrogen) atoms. The lowest BCUT2D eigenvalue weighted by Gasteiger charge is -2.20. The van der Waals surface area contributed by atoms with Crippen LogP contribution in [0.5, 0.6) is 17.2 Å². The third-order valence-corrected chi connectivity index (χ3v) is 4.57. The van der Waals surface area contributed by atoms with Crippen molar-refractivity contribution in [2.24, 2.45) is 0 Å². The quantitative estimate of drug-likeness (QED) is 0.563. The van der Waals surface area contributed by atoms with Crippen molar-refractivity contribution in [1.29, 1.82) is 0 Å². The van der Waals surface area contributed by atoms with Crippen LogP contribution in [0.3, 0.4) is 0 Å². The molecule has 0 spiro atoms. The summed E-state index contributed by atoms with van der Waals surface area (Å²) >= 11 is 6.23. The number of hydrogen-bond donors (Lipinski definition) is 0. The Morgan fingerprint density at radius 1 is 0.964 bits per heavy atom. The first-order chi connectivity index (χ1) is 13.6. The van der Waals surface area contributed by atoms with E-state index in [0.29, 0.717) is 53.2 Å². The highest BCUT2D eigenvalue weighted by Gasteiger charge is 2.17. The predicted octanol–water partition coefficient (Wildman–Crippen LogP) is 5.06. The van der Waals surface area contributed by atoms with Crippen molar-refractivity contribution in [3.05, 3.63) is 88.2 Å². The molecule has 0 fully saturated rings. The zero-order valence-corrected chi connectivity index (χ0v) is 15.5. The number of fused-ring (bicyclic) bond motifs is 1. The molecule has 0 amide bonds. The number of rotatable bonds is 5. The molecule has 0 atom stereocenters. The van der Waals surface area contributed by atoms with Crippen molar-refractivity contribution in [1.82, 2.24) is 0 Å². The third-order valence-electron chi connectivity index (χ3n) is 4.29. The van der Waals surface area contributed by atoms with Gasteiger partial charge in [-0.1, -0.05) is 11.6 Å². The number of carbonyl (C=O) groups is 1. The summed E-state index contributed by atoms with van der Waals surface area (Å²) in [4.78, 5) is 12.4. The number of carbonyl (C=O) groups excluding carboxylic acids is 1. The summed E-state index contributed by atoms with van der Waals surface area (Å²) in [6.07, 6.45) is 0. The Labute approximate surface area is 166 Å². The number of halogens is 2. The van der Waals surface area contributed by atoms with Gasteiger partial charge in [-0.25, -0.2) is 4.39 Å². The molecule has 0 N–H and O–H groups in total. The molecule has 0 aliphatic carbocycles. The van der Waals surface area contributed by atoms with E-state index in [1.54, 1.807) is 30.3 Å². The topological polar surface area (TPSA) is 44.8 Å². The van der Waals surface area contributed by atoms with E-state index >= 15 is 0 Å². The van der Waals surface area contributed by atoms with Gasteiger partial charge in [0.1, 0.15) is 31.4 Å². The molecule has 1 heterocycles. The van der Waals surface area contributed by atoms with Crippen LogP contribution in [0.4, 0.5) is 4.39 Å². The molecule has 3 aromatic carbocycles. The lowest BCUT2D eigenvalue weighted by molar-refractivity contribution is 0.103. The summed E-state index contributed by atoms with van der Waals surface area (Å²) in [5.41, 5.74) is 1.78. The molecular weight excluding hydrogens is 383 g/mol. The van der Waals surface area contributed by atoms with Crippen LogP contribution in [-0.4, -0.2) is 19.0 Å². The summed E-state index contributed by atoms with van der Waals surface area (Å²) in [7, 11) is 0. The molecule has 4 rings (SSSR count). The summed E-state index contributed by atoms with van der Waals surface area (Å²) in [5.74, 6) is 1.23. The van der Waals surface area contributed by atoms with Gasteiger partial charge in [0.05, 0.1) is 5.02 Å². The first-order valence-electron chi connectivity index (χ1n) is 8.71. The first kappa shape index (κ1) is 18.3. The second-order valence-corrected chi connectivity index (χ2v) is 6.66. The molecule has 0 aromatic heterocycles. The lowest BCUT2D eigenvalue weighted by Crippen LogP contribution is -2.16. The minimum atomic E-state index is -0.375. The van der Waals surface area contributed by atoms with Gasteiger partial charge in [0, 0.05) is 11.1 Å². The number of ketones is 1. The fourth-order valence-electron chi connectivity index (χ4n) is 2.88. The fraction of sp³-hybridized carbons (Fsp3) is 0.136. The summed E-state index contributed by atoms with van der Waals surface area (Å²) < 4.78 is 29.8. The minimum Gasteiger partial charge on any atom is -0.489 e. The molecule has 4 nitrogen and oxygen atoms in total. The normalized spacial score (nSPS) is 12.5. The molecule has 142 valence electrons. The first-order valence-corrected chi connectivity index (χ1v) is 9.09. The summed E-state index contributed by atoms with van der Waals surface area (Å²) in [5, 5.41) is 0.482. The second-order valence-electron chi connectivity index (χ2n) is 6.25. The molecule has 1 aliphatic rings. The molecule has 3 aromatic rings.